The Morgan fingerprint density at radius 3 is 2.38 bits per heavy atom. The van der Waals surface area contributed by atoms with Gasteiger partial charge in [0.05, 0.1) is 19.8 Å². The first kappa shape index (κ1) is 20.4. The fourth-order valence-corrected chi connectivity index (χ4v) is 2.42. The highest BCUT2D eigenvalue weighted by Gasteiger charge is 2.50. The third-order valence-electron chi connectivity index (χ3n) is 3.52. The van der Waals surface area contributed by atoms with Crippen molar-refractivity contribution < 1.29 is 38.7 Å². The van der Waals surface area contributed by atoms with Gasteiger partial charge in [-0.2, -0.15) is 0 Å². The molecular weight excluding hydrogens is 320 g/mol. The van der Waals surface area contributed by atoms with Gasteiger partial charge in [-0.3, -0.25) is 9.59 Å². The van der Waals surface area contributed by atoms with Crippen molar-refractivity contribution >= 4 is 11.9 Å². The molecule has 24 heavy (non-hydrogen) atoms. The minimum atomic E-state index is -1.37. The number of ether oxygens (including phenoxy) is 4. The molecule has 0 amide bonds. The number of hydrogen-bond acceptors (Lipinski definition) is 8. The first-order valence-electron chi connectivity index (χ1n) is 7.66. The molecule has 0 aromatic heterocycles. The number of carbonyl (C=O) groups excluding carboxylic acids is 2. The predicted octanol–water partition coefficient (Wildman–Crippen LogP) is -0.250. The van der Waals surface area contributed by atoms with Crippen molar-refractivity contribution in [2.75, 3.05) is 19.8 Å². The Labute approximate surface area is 141 Å². The maximum absolute atomic E-state index is 11.4. The van der Waals surface area contributed by atoms with E-state index in [0.29, 0.717) is 12.8 Å². The molecule has 1 saturated heterocycles. The average Bonchev–Trinajstić information content (AvgIpc) is 2.53. The number of rotatable bonds is 8. The first-order valence-corrected chi connectivity index (χ1v) is 7.66. The molecule has 136 valence electrons. The van der Waals surface area contributed by atoms with Crippen LogP contribution in [0.2, 0.25) is 0 Å². The van der Waals surface area contributed by atoms with Crippen LogP contribution < -0.4 is 0 Å². The Morgan fingerprint density at radius 1 is 1.25 bits per heavy atom. The lowest BCUT2D eigenvalue weighted by molar-refractivity contribution is -0.315. The normalized spacial score (nSPS) is 25.5. The molecule has 0 aliphatic carbocycles. The highest BCUT2D eigenvalue weighted by Crippen LogP contribution is 2.33. The minimum Gasteiger partial charge on any atom is -0.458 e. The number of carbonyl (C=O) groups is 2. The maximum atomic E-state index is 11.4. The molecule has 0 bridgehead atoms. The number of esters is 2. The Balaban J connectivity index is 2.97. The van der Waals surface area contributed by atoms with E-state index in [-0.39, 0.29) is 13.0 Å². The van der Waals surface area contributed by atoms with Crippen molar-refractivity contribution in [3.05, 3.63) is 0 Å². The van der Waals surface area contributed by atoms with Gasteiger partial charge in [0, 0.05) is 26.7 Å². The van der Waals surface area contributed by atoms with Crippen LogP contribution in [0.25, 0.3) is 0 Å². The van der Waals surface area contributed by atoms with Crippen LogP contribution in [0, 0.1) is 12.3 Å². The Hall–Kier alpha value is -1.66. The highest BCUT2D eigenvalue weighted by molar-refractivity contribution is 5.67. The van der Waals surface area contributed by atoms with Gasteiger partial charge in [0.2, 0.25) is 0 Å². The topological polar surface area (TPSA) is 112 Å². The fraction of sp³-hybridized carbons (Fsp3) is 0.750. The van der Waals surface area contributed by atoms with Gasteiger partial charge in [-0.1, -0.05) is 0 Å². The van der Waals surface area contributed by atoms with E-state index in [9.17, 15) is 19.8 Å². The minimum absolute atomic E-state index is 0.0399. The van der Waals surface area contributed by atoms with Gasteiger partial charge in [0.25, 0.3) is 0 Å². The quantitative estimate of drug-likeness (QED) is 0.352. The zero-order chi connectivity index (χ0) is 18.2. The van der Waals surface area contributed by atoms with Gasteiger partial charge < -0.3 is 29.2 Å². The summed E-state index contributed by atoms with van der Waals surface area (Å²) < 4.78 is 21.6. The molecule has 0 aromatic rings. The molecule has 0 aromatic carbocycles. The Kier molecular flexibility index (Phi) is 8.15. The van der Waals surface area contributed by atoms with Crippen LogP contribution in [0.3, 0.4) is 0 Å². The van der Waals surface area contributed by atoms with Crippen LogP contribution in [-0.2, 0) is 28.5 Å². The molecule has 3 atom stereocenters. The number of aliphatic hydroxyl groups is 2. The van der Waals surface area contributed by atoms with E-state index >= 15 is 0 Å². The van der Waals surface area contributed by atoms with Crippen molar-refractivity contribution in [3.8, 4) is 12.3 Å². The molecule has 1 heterocycles. The van der Waals surface area contributed by atoms with Gasteiger partial charge in [-0.25, -0.2) is 0 Å². The molecule has 0 spiro atoms. The summed E-state index contributed by atoms with van der Waals surface area (Å²) in [6, 6.07) is 0. The molecule has 8 nitrogen and oxygen atoms in total. The van der Waals surface area contributed by atoms with E-state index in [4.69, 9.17) is 25.4 Å². The summed E-state index contributed by atoms with van der Waals surface area (Å²) in [4.78, 5) is 22.7. The third-order valence-corrected chi connectivity index (χ3v) is 3.52. The van der Waals surface area contributed by atoms with E-state index in [1.807, 2.05) is 0 Å². The summed E-state index contributed by atoms with van der Waals surface area (Å²) in [5.41, 5.74) is -1.37. The van der Waals surface area contributed by atoms with Crippen molar-refractivity contribution in [2.45, 2.75) is 57.2 Å². The van der Waals surface area contributed by atoms with Crippen molar-refractivity contribution in [2.24, 2.45) is 0 Å². The Morgan fingerprint density at radius 2 is 1.88 bits per heavy atom. The molecule has 1 fully saturated rings. The summed E-state index contributed by atoms with van der Waals surface area (Å²) in [5, 5.41) is 19.1. The predicted molar refractivity (Wildman–Crippen MR) is 81.5 cm³/mol. The number of terminal acetylenes is 1. The van der Waals surface area contributed by atoms with Gasteiger partial charge in [-0.05, 0) is 6.42 Å². The van der Waals surface area contributed by atoms with Gasteiger partial charge in [-0.15, -0.1) is 12.3 Å². The molecule has 1 rings (SSSR count). The number of aliphatic hydroxyl groups excluding tert-OH is 2. The fourth-order valence-electron chi connectivity index (χ4n) is 2.42. The zero-order valence-electron chi connectivity index (χ0n) is 13.9. The lowest BCUT2D eigenvalue weighted by Crippen LogP contribution is -2.60. The third kappa shape index (κ3) is 5.76. The summed E-state index contributed by atoms with van der Waals surface area (Å²) >= 11 is 0. The van der Waals surface area contributed by atoms with E-state index in [1.165, 1.54) is 13.8 Å². The largest absolute Gasteiger partial charge is 0.458 e. The van der Waals surface area contributed by atoms with E-state index in [1.54, 1.807) is 0 Å². The molecule has 0 saturated carbocycles. The van der Waals surface area contributed by atoms with Gasteiger partial charge in [0.15, 0.2) is 12.4 Å². The van der Waals surface area contributed by atoms with Crippen LogP contribution >= 0.6 is 0 Å². The van der Waals surface area contributed by atoms with Crippen LogP contribution in [0.15, 0.2) is 0 Å². The zero-order valence-corrected chi connectivity index (χ0v) is 13.9. The summed E-state index contributed by atoms with van der Waals surface area (Å²) in [5.74, 6) is 1.28. The van der Waals surface area contributed by atoms with Crippen molar-refractivity contribution in [1.29, 1.82) is 0 Å². The smallest absolute Gasteiger partial charge is 0.303 e. The van der Waals surface area contributed by atoms with E-state index < -0.39 is 49.3 Å². The van der Waals surface area contributed by atoms with Crippen molar-refractivity contribution in [3.63, 3.8) is 0 Å². The van der Waals surface area contributed by atoms with Crippen molar-refractivity contribution in [1.82, 2.24) is 0 Å². The van der Waals surface area contributed by atoms with Gasteiger partial charge >= 0.3 is 11.9 Å². The summed E-state index contributed by atoms with van der Waals surface area (Å²) in [6.07, 6.45) is 3.13. The monoisotopic (exact) mass is 344 g/mol. The van der Waals surface area contributed by atoms with Gasteiger partial charge in [0.1, 0.15) is 11.7 Å². The van der Waals surface area contributed by atoms with E-state index in [2.05, 4.69) is 5.92 Å². The summed E-state index contributed by atoms with van der Waals surface area (Å²) in [6.45, 7) is 1.60. The lowest BCUT2D eigenvalue weighted by Gasteiger charge is -2.45. The molecule has 8 heteroatoms. The first-order chi connectivity index (χ1) is 11.4. The standard InChI is InChI=1S/C16H24O8/c1-4-5-6-7-21-15-14(23-12(3)20)13(22-11(2)19)8-16(9-17,10-18)24-15/h1,13-15,17-18H,5-10H2,2-3H3/t13?,14?,15-/m1/s1. The average molecular weight is 344 g/mol. The van der Waals surface area contributed by atoms with Crippen LogP contribution in [0.1, 0.15) is 33.1 Å². The molecule has 1 aliphatic heterocycles. The summed E-state index contributed by atoms with van der Waals surface area (Å²) in [7, 11) is 0. The molecular formula is C16H24O8. The van der Waals surface area contributed by atoms with Crippen LogP contribution in [0.4, 0.5) is 0 Å². The SMILES string of the molecule is C#CCCCO[C@@H]1OC(CO)(CO)CC(OC(C)=O)C1OC(C)=O. The second kappa shape index (κ2) is 9.59. The molecule has 1 aliphatic rings. The molecule has 2 unspecified atom stereocenters. The molecule has 0 radical (unpaired) electrons. The second-order valence-electron chi connectivity index (χ2n) is 5.59. The highest BCUT2D eigenvalue weighted by atomic mass is 16.7. The number of hydrogen-bond donors (Lipinski definition) is 2. The second-order valence-corrected chi connectivity index (χ2v) is 5.59. The number of unbranched alkanes of at least 4 members (excludes halogenated alkanes) is 1. The lowest BCUT2D eigenvalue weighted by atomic mass is 9.91. The van der Waals surface area contributed by atoms with Crippen LogP contribution in [-0.4, -0.2) is 66.1 Å². The Bertz CT molecular complexity index is 465. The van der Waals surface area contributed by atoms with Crippen LogP contribution in [0.5, 0.6) is 0 Å². The molecule has 2 N–H and O–H groups in total. The maximum Gasteiger partial charge on any atom is 0.303 e. The van der Waals surface area contributed by atoms with E-state index in [0.717, 1.165) is 0 Å².